The lowest BCUT2D eigenvalue weighted by atomic mass is 10.1. The van der Waals surface area contributed by atoms with Gasteiger partial charge in [-0.15, -0.1) is 0 Å². The zero-order valence-corrected chi connectivity index (χ0v) is 10.9. The Balaban J connectivity index is 1.79. The van der Waals surface area contributed by atoms with Crippen LogP contribution in [0.5, 0.6) is 0 Å². The Bertz CT molecular complexity index is 521. The van der Waals surface area contributed by atoms with Crippen LogP contribution in [0.3, 0.4) is 0 Å². The van der Waals surface area contributed by atoms with E-state index in [2.05, 4.69) is 10.3 Å². The number of rotatable bonds is 6. The number of hydrogen-bond donors (Lipinski definition) is 1. The van der Waals surface area contributed by atoms with E-state index >= 15 is 0 Å². The fourth-order valence-electron chi connectivity index (χ4n) is 1.95. The van der Waals surface area contributed by atoms with Gasteiger partial charge in [-0.1, -0.05) is 12.1 Å². The standard InChI is InChI=1S/C14H16F3N3/c15-14(16,17)12-5-1-2-6-13(12)19-7-3-4-9-20-10-8-18-11-20/h1-2,5-6,8,10-11,19H,3-4,7,9H2. The molecule has 0 saturated heterocycles. The maximum absolute atomic E-state index is 12.8. The van der Waals surface area contributed by atoms with E-state index in [-0.39, 0.29) is 5.69 Å². The van der Waals surface area contributed by atoms with Crippen molar-refractivity contribution in [3.05, 3.63) is 48.5 Å². The second-order valence-electron chi connectivity index (χ2n) is 4.48. The molecule has 1 aromatic heterocycles. The van der Waals surface area contributed by atoms with Crippen LogP contribution in [-0.2, 0) is 12.7 Å². The van der Waals surface area contributed by atoms with Crippen molar-refractivity contribution in [1.82, 2.24) is 9.55 Å². The Kier molecular flexibility index (Phi) is 4.65. The Morgan fingerprint density at radius 3 is 2.65 bits per heavy atom. The molecule has 108 valence electrons. The van der Waals surface area contributed by atoms with Gasteiger partial charge in [-0.3, -0.25) is 0 Å². The molecule has 0 radical (unpaired) electrons. The number of hydrogen-bond acceptors (Lipinski definition) is 2. The highest BCUT2D eigenvalue weighted by atomic mass is 19.4. The summed E-state index contributed by atoms with van der Waals surface area (Å²) in [4.78, 5) is 3.93. The van der Waals surface area contributed by atoms with Gasteiger partial charge >= 0.3 is 6.18 Å². The van der Waals surface area contributed by atoms with Crippen LogP contribution >= 0.6 is 0 Å². The molecule has 0 saturated carbocycles. The molecule has 2 aromatic rings. The van der Waals surface area contributed by atoms with Crippen molar-refractivity contribution in [2.75, 3.05) is 11.9 Å². The van der Waals surface area contributed by atoms with Crippen LogP contribution in [0.25, 0.3) is 0 Å². The first kappa shape index (κ1) is 14.4. The van der Waals surface area contributed by atoms with E-state index in [1.165, 1.54) is 12.1 Å². The average Bonchev–Trinajstić information content (AvgIpc) is 2.91. The lowest BCUT2D eigenvalue weighted by Gasteiger charge is -2.14. The fraction of sp³-hybridized carbons (Fsp3) is 0.357. The predicted molar refractivity (Wildman–Crippen MR) is 71.4 cm³/mol. The molecule has 1 heterocycles. The molecule has 0 aliphatic rings. The Morgan fingerprint density at radius 1 is 1.15 bits per heavy atom. The summed E-state index contributed by atoms with van der Waals surface area (Å²) in [7, 11) is 0. The summed E-state index contributed by atoms with van der Waals surface area (Å²) in [6.45, 7) is 1.34. The molecule has 0 amide bonds. The first-order chi connectivity index (χ1) is 9.57. The monoisotopic (exact) mass is 283 g/mol. The van der Waals surface area contributed by atoms with E-state index in [1.807, 2.05) is 10.8 Å². The third-order valence-corrected chi connectivity index (χ3v) is 2.95. The highest BCUT2D eigenvalue weighted by Gasteiger charge is 2.32. The van der Waals surface area contributed by atoms with E-state index in [4.69, 9.17) is 0 Å². The molecule has 1 N–H and O–H groups in total. The van der Waals surface area contributed by atoms with Crippen molar-refractivity contribution >= 4 is 5.69 Å². The third kappa shape index (κ3) is 4.01. The number of aryl methyl sites for hydroxylation is 1. The van der Waals surface area contributed by atoms with Gasteiger partial charge < -0.3 is 9.88 Å². The van der Waals surface area contributed by atoms with Crippen LogP contribution in [0.4, 0.5) is 18.9 Å². The van der Waals surface area contributed by atoms with Gasteiger partial charge in [-0.2, -0.15) is 13.2 Å². The van der Waals surface area contributed by atoms with Crippen molar-refractivity contribution in [3.63, 3.8) is 0 Å². The lowest BCUT2D eigenvalue weighted by molar-refractivity contribution is -0.136. The van der Waals surface area contributed by atoms with Gasteiger partial charge in [-0.25, -0.2) is 4.98 Å². The van der Waals surface area contributed by atoms with E-state index in [1.54, 1.807) is 18.6 Å². The van der Waals surface area contributed by atoms with E-state index < -0.39 is 11.7 Å². The van der Waals surface area contributed by atoms with Gasteiger partial charge in [-0.05, 0) is 25.0 Å². The molecule has 20 heavy (non-hydrogen) atoms. The Labute approximate surface area is 115 Å². The molecule has 3 nitrogen and oxygen atoms in total. The molecule has 0 aliphatic heterocycles. The summed E-state index contributed by atoms with van der Waals surface area (Å²) in [6, 6.07) is 5.54. The number of unbranched alkanes of at least 4 members (excludes halogenated alkanes) is 1. The van der Waals surface area contributed by atoms with Gasteiger partial charge in [0.15, 0.2) is 0 Å². The minimum atomic E-state index is -4.32. The number of aromatic nitrogens is 2. The summed E-state index contributed by atoms with van der Waals surface area (Å²) < 4.78 is 40.2. The molecule has 0 atom stereocenters. The fourth-order valence-corrected chi connectivity index (χ4v) is 1.95. The molecular weight excluding hydrogens is 267 g/mol. The lowest BCUT2D eigenvalue weighted by Crippen LogP contribution is -2.11. The van der Waals surface area contributed by atoms with E-state index in [9.17, 15) is 13.2 Å². The van der Waals surface area contributed by atoms with Crippen molar-refractivity contribution in [2.24, 2.45) is 0 Å². The van der Waals surface area contributed by atoms with Gasteiger partial charge in [0.25, 0.3) is 0 Å². The quantitative estimate of drug-likeness (QED) is 0.817. The predicted octanol–water partition coefficient (Wildman–Crippen LogP) is 3.79. The first-order valence-electron chi connectivity index (χ1n) is 6.43. The number of nitrogens with one attached hydrogen (secondary N) is 1. The summed E-state index contributed by atoms with van der Waals surface area (Å²) in [5.41, 5.74) is -0.475. The second-order valence-corrected chi connectivity index (χ2v) is 4.48. The normalized spacial score (nSPS) is 11.6. The number of imidazole rings is 1. The van der Waals surface area contributed by atoms with Crippen LogP contribution in [0, 0.1) is 0 Å². The smallest absolute Gasteiger partial charge is 0.385 e. The number of anilines is 1. The molecule has 0 bridgehead atoms. The van der Waals surface area contributed by atoms with E-state index in [0.717, 1.165) is 25.5 Å². The highest BCUT2D eigenvalue weighted by Crippen LogP contribution is 2.34. The number of nitrogens with zero attached hydrogens (tertiary/aromatic N) is 2. The van der Waals surface area contributed by atoms with Gasteiger partial charge in [0.1, 0.15) is 0 Å². The summed E-state index contributed by atoms with van der Waals surface area (Å²) in [5.74, 6) is 0. The number of benzene rings is 1. The van der Waals surface area contributed by atoms with Crippen LogP contribution < -0.4 is 5.32 Å². The second kappa shape index (κ2) is 6.45. The summed E-state index contributed by atoms with van der Waals surface area (Å²) in [5, 5.41) is 2.86. The van der Waals surface area contributed by atoms with Gasteiger partial charge in [0, 0.05) is 31.2 Å². The van der Waals surface area contributed by atoms with Crippen molar-refractivity contribution < 1.29 is 13.2 Å². The van der Waals surface area contributed by atoms with Crippen molar-refractivity contribution in [1.29, 1.82) is 0 Å². The largest absolute Gasteiger partial charge is 0.418 e. The van der Waals surface area contributed by atoms with Crippen LogP contribution in [0.1, 0.15) is 18.4 Å². The molecule has 0 unspecified atom stereocenters. The molecule has 0 aliphatic carbocycles. The average molecular weight is 283 g/mol. The van der Waals surface area contributed by atoms with Crippen LogP contribution in [-0.4, -0.2) is 16.1 Å². The zero-order chi connectivity index (χ0) is 14.4. The minimum absolute atomic E-state index is 0.141. The van der Waals surface area contributed by atoms with Crippen LogP contribution in [0.2, 0.25) is 0 Å². The third-order valence-electron chi connectivity index (χ3n) is 2.95. The molecule has 1 aromatic carbocycles. The number of alkyl halides is 3. The maximum atomic E-state index is 12.8. The maximum Gasteiger partial charge on any atom is 0.418 e. The highest BCUT2D eigenvalue weighted by molar-refractivity contribution is 5.52. The van der Waals surface area contributed by atoms with Gasteiger partial charge in [0.2, 0.25) is 0 Å². The molecular formula is C14H16F3N3. The van der Waals surface area contributed by atoms with Crippen LogP contribution in [0.15, 0.2) is 43.0 Å². The SMILES string of the molecule is FC(F)(F)c1ccccc1NCCCCn1ccnc1. The zero-order valence-electron chi connectivity index (χ0n) is 10.9. The van der Waals surface area contributed by atoms with E-state index in [0.29, 0.717) is 6.54 Å². The first-order valence-corrected chi connectivity index (χ1v) is 6.43. The Hall–Kier alpha value is -1.98. The topological polar surface area (TPSA) is 29.9 Å². The minimum Gasteiger partial charge on any atom is -0.385 e. The Morgan fingerprint density at radius 2 is 1.95 bits per heavy atom. The molecule has 0 spiro atoms. The summed E-state index contributed by atoms with van der Waals surface area (Å²) in [6.07, 6.45) is 2.67. The van der Waals surface area contributed by atoms with Gasteiger partial charge in [0.05, 0.1) is 11.9 Å². The molecule has 2 rings (SSSR count). The summed E-state index contributed by atoms with van der Waals surface area (Å²) >= 11 is 0. The number of para-hydroxylation sites is 1. The molecule has 6 heteroatoms. The van der Waals surface area contributed by atoms with Crippen molar-refractivity contribution in [3.8, 4) is 0 Å². The molecule has 0 fully saturated rings. The van der Waals surface area contributed by atoms with Crippen molar-refractivity contribution in [2.45, 2.75) is 25.6 Å². The number of halogens is 3.